The highest BCUT2D eigenvalue weighted by molar-refractivity contribution is 5.70. The molecule has 0 radical (unpaired) electrons. The van der Waals surface area contributed by atoms with Gasteiger partial charge in [-0.15, -0.1) is 0 Å². The number of quaternary nitrogens is 1. The van der Waals surface area contributed by atoms with Gasteiger partial charge in [0.15, 0.2) is 12.4 Å². The Kier molecular flexibility index (Phi) is 61.3. The smallest absolute Gasteiger partial charge is 0.306 e. The van der Waals surface area contributed by atoms with Crippen LogP contribution in [-0.4, -0.2) is 82.3 Å². The number of carboxylic acid groups (broad SMARTS) is 1. The molecule has 83 heavy (non-hydrogen) atoms. The second-order valence-electron chi connectivity index (χ2n) is 24.1. The van der Waals surface area contributed by atoms with E-state index in [0.29, 0.717) is 17.4 Å². The molecule has 0 N–H and O–H groups in total. The van der Waals surface area contributed by atoms with Crippen LogP contribution < -0.4 is 5.11 Å². The number of allylic oxidation sites excluding steroid dienone is 16. The third kappa shape index (κ3) is 65.6. The summed E-state index contributed by atoms with van der Waals surface area (Å²) in [6.07, 6.45) is 84.8. The van der Waals surface area contributed by atoms with E-state index in [4.69, 9.17) is 18.9 Å². The maximum absolute atomic E-state index is 12.9. The Labute approximate surface area is 512 Å². The number of likely N-dealkylation sites (N-methyl/N-ethyl adjacent to an activating group) is 1. The number of nitrogens with zero attached hydrogens (tertiary/aromatic N) is 1. The zero-order chi connectivity index (χ0) is 60.5. The van der Waals surface area contributed by atoms with Crippen molar-refractivity contribution in [3.05, 3.63) is 97.2 Å². The predicted molar refractivity (Wildman–Crippen MR) is 352 cm³/mol. The van der Waals surface area contributed by atoms with Gasteiger partial charge < -0.3 is 33.3 Å². The van der Waals surface area contributed by atoms with Gasteiger partial charge in [-0.1, -0.05) is 284 Å². The van der Waals surface area contributed by atoms with Crippen LogP contribution in [0.1, 0.15) is 296 Å². The number of hydrogen-bond acceptors (Lipinski definition) is 8. The first-order valence-electron chi connectivity index (χ1n) is 34.4. The van der Waals surface area contributed by atoms with Crippen molar-refractivity contribution in [3.63, 3.8) is 0 Å². The highest BCUT2D eigenvalue weighted by Gasteiger charge is 2.22. The fourth-order valence-corrected chi connectivity index (χ4v) is 9.57. The second-order valence-corrected chi connectivity index (χ2v) is 24.1. The van der Waals surface area contributed by atoms with E-state index < -0.39 is 24.3 Å². The number of esters is 2. The maximum Gasteiger partial charge on any atom is 0.306 e. The minimum Gasteiger partial charge on any atom is -0.545 e. The molecule has 0 fully saturated rings. The van der Waals surface area contributed by atoms with Crippen molar-refractivity contribution < 1.29 is 42.9 Å². The zero-order valence-corrected chi connectivity index (χ0v) is 54.5. The average molecular weight is 1160 g/mol. The number of rotatable bonds is 63. The number of aliphatic carboxylic acids is 1. The van der Waals surface area contributed by atoms with Crippen molar-refractivity contribution in [1.82, 2.24) is 0 Å². The molecule has 2 atom stereocenters. The molecular weight excluding hydrogens is 1030 g/mol. The number of unbranched alkanes of at least 4 members (excludes halogenated alkanes) is 32. The fourth-order valence-electron chi connectivity index (χ4n) is 9.57. The monoisotopic (exact) mass is 1160 g/mol. The van der Waals surface area contributed by atoms with Crippen LogP contribution in [0, 0.1) is 0 Å². The van der Waals surface area contributed by atoms with Gasteiger partial charge in [0.1, 0.15) is 13.2 Å². The Morgan fingerprint density at radius 2 is 0.687 bits per heavy atom. The lowest BCUT2D eigenvalue weighted by atomic mass is 10.0. The molecule has 0 aromatic carbocycles. The average Bonchev–Trinajstić information content (AvgIpc) is 3.46. The Morgan fingerprint density at radius 3 is 1.04 bits per heavy atom. The SMILES string of the molecule is CC/C=C\C/C=C\C/C=C\C/C=C\C/C=C\C/C=C\C/C=C\CCCCCCCCCCCCCCCC(=O)OC(COC(=O)CCCCCCCCCCCCC/C=C\CCCCCCCCCC)COC(OCC[N+](C)(C)C)C(=O)[O-]. The summed E-state index contributed by atoms with van der Waals surface area (Å²) in [6, 6.07) is 0. The molecule has 478 valence electrons. The lowest BCUT2D eigenvalue weighted by Gasteiger charge is -2.26. The van der Waals surface area contributed by atoms with Crippen molar-refractivity contribution in [1.29, 1.82) is 0 Å². The summed E-state index contributed by atoms with van der Waals surface area (Å²) in [5.74, 6) is -2.28. The van der Waals surface area contributed by atoms with Crippen LogP contribution in [0.3, 0.4) is 0 Å². The summed E-state index contributed by atoms with van der Waals surface area (Å²) in [7, 11) is 5.93. The van der Waals surface area contributed by atoms with Crippen LogP contribution >= 0.6 is 0 Å². The normalized spacial score (nSPS) is 13.3. The Morgan fingerprint density at radius 1 is 0.373 bits per heavy atom. The van der Waals surface area contributed by atoms with E-state index in [9.17, 15) is 19.5 Å². The van der Waals surface area contributed by atoms with Crippen molar-refractivity contribution >= 4 is 17.9 Å². The van der Waals surface area contributed by atoms with E-state index in [0.717, 1.165) is 83.5 Å². The van der Waals surface area contributed by atoms with Gasteiger partial charge in [0.25, 0.3) is 0 Å². The molecule has 9 nitrogen and oxygen atoms in total. The van der Waals surface area contributed by atoms with Gasteiger partial charge in [-0.3, -0.25) is 9.59 Å². The lowest BCUT2D eigenvalue weighted by molar-refractivity contribution is -0.870. The number of hydrogen-bond donors (Lipinski definition) is 0. The van der Waals surface area contributed by atoms with Gasteiger partial charge in [-0.25, -0.2) is 0 Å². The first-order valence-corrected chi connectivity index (χ1v) is 34.4. The van der Waals surface area contributed by atoms with E-state index in [2.05, 4.69) is 111 Å². The third-order valence-corrected chi connectivity index (χ3v) is 14.8. The Balaban J connectivity index is 4.13. The minimum atomic E-state index is -1.63. The molecule has 0 aromatic heterocycles. The molecule has 0 rings (SSSR count). The van der Waals surface area contributed by atoms with Crippen molar-refractivity contribution in [2.75, 3.05) is 47.5 Å². The van der Waals surface area contributed by atoms with Crippen LogP contribution in [0.25, 0.3) is 0 Å². The van der Waals surface area contributed by atoms with Crippen LogP contribution in [0.5, 0.6) is 0 Å². The van der Waals surface area contributed by atoms with E-state index in [-0.39, 0.29) is 38.6 Å². The van der Waals surface area contributed by atoms with E-state index in [1.165, 1.54) is 180 Å². The minimum absolute atomic E-state index is 0.145. The topological polar surface area (TPSA) is 111 Å². The van der Waals surface area contributed by atoms with Crippen LogP contribution in [0.4, 0.5) is 0 Å². The number of ether oxygens (including phenoxy) is 4. The molecule has 9 heteroatoms. The molecule has 0 amide bonds. The summed E-state index contributed by atoms with van der Waals surface area (Å²) in [5, 5.41) is 11.8. The van der Waals surface area contributed by atoms with Crippen molar-refractivity contribution in [2.24, 2.45) is 0 Å². The molecule has 0 bridgehead atoms. The van der Waals surface area contributed by atoms with Crippen molar-refractivity contribution in [2.45, 2.75) is 309 Å². The largest absolute Gasteiger partial charge is 0.545 e. The first-order chi connectivity index (χ1) is 40.6. The third-order valence-electron chi connectivity index (χ3n) is 14.8. The molecule has 0 spiro atoms. The highest BCUT2D eigenvalue weighted by atomic mass is 16.7. The molecule has 0 aromatic rings. The quantitative estimate of drug-likeness (QED) is 0.0195. The highest BCUT2D eigenvalue weighted by Crippen LogP contribution is 2.17. The second kappa shape index (κ2) is 64.2. The van der Waals surface area contributed by atoms with Gasteiger partial charge >= 0.3 is 11.9 Å². The Bertz CT molecular complexity index is 1680. The molecule has 0 aliphatic heterocycles. The molecule has 2 unspecified atom stereocenters. The van der Waals surface area contributed by atoms with Gasteiger partial charge in [0.05, 0.1) is 40.3 Å². The molecule has 0 aliphatic rings. The number of carbonyl (C=O) groups is 3. The van der Waals surface area contributed by atoms with Crippen LogP contribution in [0.2, 0.25) is 0 Å². The van der Waals surface area contributed by atoms with Gasteiger partial charge in [-0.2, -0.15) is 0 Å². The van der Waals surface area contributed by atoms with E-state index in [1.54, 1.807) is 0 Å². The lowest BCUT2D eigenvalue weighted by Crippen LogP contribution is -2.44. The van der Waals surface area contributed by atoms with Crippen molar-refractivity contribution in [3.8, 4) is 0 Å². The molecule has 0 aliphatic carbocycles. The van der Waals surface area contributed by atoms with Gasteiger partial charge in [-0.05, 0) is 96.3 Å². The Hall–Kier alpha value is -3.79. The van der Waals surface area contributed by atoms with Crippen LogP contribution in [-0.2, 0) is 33.3 Å². The molecule has 0 heterocycles. The van der Waals surface area contributed by atoms with Gasteiger partial charge in [0.2, 0.25) is 0 Å². The van der Waals surface area contributed by atoms with Crippen LogP contribution in [0.15, 0.2) is 97.2 Å². The summed E-state index contributed by atoms with van der Waals surface area (Å²) < 4.78 is 22.8. The summed E-state index contributed by atoms with van der Waals surface area (Å²) in [5.41, 5.74) is 0. The van der Waals surface area contributed by atoms with E-state index in [1.807, 2.05) is 21.1 Å². The fraction of sp³-hybridized carbons (Fsp3) is 0.743. The maximum atomic E-state index is 12.9. The number of carboxylic acids is 1. The molecule has 0 saturated heterocycles. The van der Waals surface area contributed by atoms with Gasteiger partial charge in [0, 0.05) is 12.8 Å². The molecule has 0 saturated carbocycles. The number of carbonyl (C=O) groups excluding carboxylic acids is 3. The van der Waals surface area contributed by atoms with E-state index >= 15 is 0 Å². The molecular formula is C74H129NO8. The standard InChI is InChI=1S/C74H129NO8/c1-6-8-10-12-14-16-18-20-22-24-26-28-30-31-32-33-34-35-36-37-38-39-40-41-43-45-47-49-51-53-55-57-59-61-63-65-72(77)83-70(69-82-74(73(78)79)80-67-66-75(3,4)5)68-81-71(76)64-62-60-58-56-54-52-50-48-46-44-42-29-27-25-23-21-19-17-15-13-11-9-7-2/h8,10,14,16,20,22,25-28,31-32,34-35,37-38,70,74H,6-7,9,11-13,15,17-19,21,23-24,29-30,33,36,39-69H2,1-5H3/b10-8-,16-14-,22-20-,27-25-,28-26-,32-31-,35-34-,38-37-. The summed E-state index contributed by atoms with van der Waals surface area (Å²) in [4.78, 5) is 37.5. The summed E-state index contributed by atoms with van der Waals surface area (Å²) in [6.45, 7) is 4.66. The zero-order valence-electron chi connectivity index (χ0n) is 54.5. The summed E-state index contributed by atoms with van der Waals surface area (Å²) >= 11 is 0. The predicted octanol–water partition coefficient (Wildman–Crippen LogP) is 19.9. The first kappa shape index (κ1) is 79.2.